The number of aryl methyl sites for hydroxylation is 1. The lowest BCUT2D eigenvalue weighted by atomic mass is 9.90. The maximum atomic E-state index is 12.1. The largest absolute Gasteiger partial charge is 0.330 e. The number of thiophene rings is 1. The molecule has 2 nitrogen and oxygen atoms in total. The summed E-state index contributed by atoms with van der Waals surface area (Å²) in [6, 6.07) is 1.91. The number of nitrogens with two attached hydrogens (primary N) is 1. The first-order valence-electron chi connectivity index (χ1n) is 5.34. The summed E-state index contributed by atoms with van der Waals surface area (Å²) in [6.45, 7) is 6.68. The van der Waals surface area contributed by atoms with Gasteiger partial charge in [0.05, 0.1) is 0 Å². The van der Waals surface area contributed by atoms with Gasteiger partial charge in [-0.2, -0.15) is 0 Å². The quantitative estimate of drug-likeness (QED) is 0.783. The van der Waals surface area contributed by atoms with Gasteiger partial charge in [0.25, 0.3) is 0 Å². The minimum Gasteiger partial charge on any atom is -0.330 e. The van der Waals surface area contributed by atoms with Crippen LogP contribution in [0.15, 0.2) is 11.4 Å². The molecule has 0 aliphatic carbocycles. The van der Waals surface area contributed by atoms with Gasteiger partial charge < -0.3 is 5.73 Å². The van der Waals surface area contributed by atoms with Crippen LogP contribution in [0.4, 0.5) is 0 Å². The molecule has 0 aliphatic heterocycles. The maximum absolute atomic E-state index is 12.1. The van der Waals surface area contributed by atoms with Gasteiger partial charge >= 0.3 is 0 Å². The molecule has 0 saturated carbocycles. The van der Waals surface area contributed by atoms with Crippen molar-refractivity contribution in [2.75, 3.05) is 6.54 Å². The van der Waals surface area contributed by atoms with E-state index < -0.39 is 0 Å². The third-order valence-electron chi connectivity index (χ3n) is 2.54. The van der Waals surface area contributed by atoms with Crippen molar-refractivity contribution >= 4 is 17.1 Å². The van der Waals surface area contributed by atoms with Crippen molar-refractivity contribution in [3.63, 3.8) is 0 Å². The van der Waals surface area contributed by atoms with E-state index in [-0.39, 0.29) is 11.7 Å². The van der Waals surface area contributed by atoms with Gasteiger partial charge in [0, 0.05) is 22.9 Å². The molecule has 1 unspecified atom stereocenters. The Morgan fingerprint density at radius 1 is 1.53 bits per heavy atom. The molecule has 0 fully saturated rings. The standard InChI is InChI=1S/C12H19NOS/c1-8(2)6-10(7-13)12(14)11-4-5-15-9(11)3/h4-5,8,10H,6-7,13H2,1-3H3. The smallest absolute Gasteiger partial charge is 0.168 e. The molecule has 0 spiro atoms. The zero-order valence-corrected chi connectivity index (χ0v) is 10.4. The minimum absolute atomic E-state index is 0.0155. The number of rotatable bonds is 5. The van der Waals surface area contributed by atoms with Gasteiger partial charge in [-0.1, -0.05) is 13.8 Å². The van der Waals surface area contributed by atoms with Crippen molar-refractivity contribution < 1.29 is 4.79 Å². The first kappa shape index (κ1) is 12.4. The first-order valence-corrected chi connectivity index (χ1v) is 6.22. The van der Waals surface area contributed by atoms with E-state index in [1.54, 1.807) is 11.3 Å². The van der Waals surface area contributed by atoms with Crippen LogP contribution < -0.4 is 5.73 Å². The molecule has 0 bridgehead atoms. The van der Waals surface area contributed by atoms with Gasteiger partial charge in [0.2, 0.25) is 0 Å². The van der Waals surface area contributed by atoms with E-state index in [0.717, 1.165) is 16.9 Å². The van der Waals surface area contributed by atoms with E-state index in [1.807, 2.05) is 18.4 Å². The summed E-state index contributed by atoms with van der Waals surface area (Å²) in [5, 5.41) is 1.96. The van der Waals surface area contributed by atoms with Crippen molar-refractivity contribution in [3.05, 3.63) is 21.9 Å². The maximum Gasteiger partial charge on any atom is 0.168 e. The molecule has 1 aromatic rings. The van der Waals surface area contributed by atoms with E-state index in [4.69, 9.17) is 5.73 Å². The molecule has 84 valence electrons. The number of Topliss-reactive ketones (excluding diaryl/α,β-unsaturated/α-hetero) is 1. The predicted octanol–water partition coefficient (Wildman–Crippen LogP) is 2.86. The minimum atomic E-state index is -0.0155. The Hall–Kier alpha value is -0.670. The summed E-state index contributed by atoms with van der Waals surface area (Å²) < 4.78 is 0. The van der Waals surface area contributed by atoms with Crippen molar-refractivity contribution in [2.24, 2.45) is 17.6 Å². The van der Waals surface area contributed by atoms with Crippen LogP contribution >= 0.6 is 11.3 Å². The van der Waals surface area contributed by atoms with Crippen LogP contribution in [0, 0.1) is 18.8 Å². The third-order valence-corrected chi connectivity index (χ3v) is 3.38. The second kappa shape index (κ2) is 5.42. The highest BCUT2D eigenvalue weighted by molar-refractivity contribution is 7.10. The molecule has 0 saturated heterocycles. The molecule has 2 N–H and O–H groups in total. The zero-order chi connectivity index (χ0) is 11.4. The number of hydrogen-bond donors (Lipinski definition) is 1. The molecule has 0 aromatic carbocycles. The Bertz CT molecular complexity index is 330. The molecule has 0 aliphatic rings. The van der Waals surface area contributed by atoms with E-state index in [2.05, 4.69) is 13.8 Å². The van der Waals surface area contributed by atoms with Crippen molar-refractivity contribution in [3.8, 4) is 0 Å². The molecule has 1 aromatic heterocycles. The zero-order valence-electron chi connectivity index (χ0n) is 9.62. The number of ketones is 1. The fraction of sp³-hybridized carbons (Fsp3) is 0.583. The molecule has 1 atom stereocenters. The average molecular weight is 225 g/mol. The van der Waals surface area contributed by atoms with Crippen LogP contribution in [0.1, 0.15) is 35.5 Å². The average Bonchev–Trinajstić information content (AvgIpc) is 2.59. The number of carbonyl (C=O) groups excluding carboxylic acids is 1. The molecule has 0 radical (unpaired) electrons. The monoisotopic (exact) mass is 225 g/mol. The second-order valence-corrected chi connectivity index (χ2v) is 5.44. The lowest BCUT2D eigenvalue weighted by molar-refractivity contribution is 0.0908. The lowest BCUT2D eigenvalue weighted by Crippen LogP contribution is -2.25. The number of hydrogen-bond acceptors (Lipinski definition) is 3. The molecule has 15 heavy (non-hydrogen) atoms. The SMILES string of the molecule is Cc1sccc1C(=O)C(CN)CC(C)C. The third kappa shape index (κ3) is 3.14. The van der Waals surface area contributed by atoms with Crippen molar-refractivity contribution in [1.29, 1.82) is 0 Å². The topological polar surface area (TPSA) is 43.1 Å². The predicted molar refractivity (Wildman–Crippen MR) is 65.4 cm³/mol. The van der Waals surface area contributed by atoms with E-state index in [9.17, 15) is 4.79 Å². The van der Waals surface area contributed by atoms with Gasteiger partial charge in [-0.3, -0.25) is 4.79 Å². The van der Waals surface area contributed by atoms with Crippen LogP contribution in [-0.2, 0) is 0 Å². The summed E-state index contributed by atoms with van der Waals surface area (Å²) >= 11 is 1.62. The van der Waals surface area contributed by atoms with Gasteiger partial charge in [0.15, 0.2) is 5.78 Å². The van der Waals surface area contributed by atoms with Crippen LogP contribution in [-0.4, -0.2) is 12.3 Å². The summed E-state index contributed by atoms with van der Waals surface area (Å²) in [5.41, 5.74) is 6.52. The highest BCUT2D eigenvalue weighted by Gasteiger charge is 2.21. The van der Waals surface area contributed by atoms with Gasteiger partial charge in [-0.05, 0) is 30.7 Å². The van der Waals surface area contributed by atoms with Crippen molar-refractivity contribution in [2.45, 2.75) is 27.2 Å². The fourth-order valence-corrected chi connectivity index (χ4v) is 2.44. The van der Waals surface area contributed by atoms with Crippen molar-refractivity contribution in [1.82, 2.24) is 0 Å². The lowest BCUT2D eigenvalue weighted by Gasteiger charge is -2.15. The Balaban J connectivity index is 2.78. The summed E-state index contributed by atoms with van der Waals surface area (Å²) in [7, 11) is 0. The summed E-state index contributed by atoms with van der Waals surface area (Å²) in [4.78, 5) is 13.2. The van der Waals surface area contributed by atoms with Gasteiger partial charge in [-0.15, -0.1) is 11.3 Å². The Morgan fingerprint density at radius 2 is 2.20 bits per heavy atom. The van der Waals surface area contributed by atoms with Crippen LogP contribution in [0.3, 0.4) is 0 Å². The number of carbonyl (C=O) groups is 1. The Kier molecular flexibility index (Phi) is 4.48. The summed E-state index contributed by atoms with van der Waals surface area (Å²) in [6.07, 6.45) is 0.880. The molecule has 1 heterocycles. The van der Waals surface area contributed by atoms with E-state index >= 15 is 0 Å². The van der Waals surface area contributed by atoms with Gasteiger partial charge in [0.1, 0.15) is 0 Å². The summed E-state index contributed by atoms with van der Waals surface area (Å²) in [5.74, 6) is 0.713. The molecule has 0 amide bonds. The normalized spacial score (nSPS) is 13.1. The first-order chi connectivity index (χ1) is 7.06. The second-order valence-electron chi connectivity index (χ2n) is 4.32. The Labute approximate surface area is 95.5 Å². The van der Waals surface area contributed by atoms with E-state index in [0.29, 0.717) is 12.5 Å². The Morgan fingerprint density at radius 3 is 2.60 bits per heavy atom. The highest BCUT2D eigenvalue weighted by Crippen LogP contribution is 2.22. The van der Waals surface area contributed by atoms with Crippen LogP contribution in [0.2, 0.25) is 0 Å². The molecule has 3 heteroatoms. The van der Waals surface area contributed by atoms with E-state index in [1.165, 1.54) is 0 Å². The molecular formula is C12H19NOS. The molecular weight excluding hydrogens is 206 g/mol. The highest BCUT2D eigenvalue weighted by atomic mass is 32.1. The van der Waals surface area contributed by atoms with Crippen LogP contribution in [0.25, 0.3) is 0 Å². The molecule has 1 rings (SSSR count). The van der Waals surface area contributed by atoms with Gasteiger partial charge in [-0.25, -0.2) is 0 Å². The fourth-order valence-electron chi connectivity index (χ4n) is 1.74. The van der Waals surface area contributed by atoms with Crippen LogP contribution in [0.5, 0.6) is 0 Å².